The van der Waals surface area contributed by atoms with E-state index in [4.69, 9.17) is 19.2 Å². The van der Waals surface area contributed by atoms with E-state index >= 15 is 0 Å². The van der Waals surface area contributed by atoms with E-state index in [1.165, 1.54) is 598 Å². The maximum Gasteiger partial charge on any atom is 0.0770 e. The number of nitrogens with one attached hydrogen (secondary N) is 3. The third kappa shape index (κ3) is 103. The lowest BCUT2D eigenvalue weighted by Crippen LogP contribution is -3.12. The van der Waals surface area contributed by atoms with Crippen molar-refractivity contribution in [2.75, 3.05) is 58.9 Å². The molecular weight excluding hydrogens is 1580 g/mol. The molecule has 6 atom stereocenters. The molecule has 0 aromatic carbocycles. The Morgan fingerprint density at radius 3 is 0.367 bits per heavy atom. The van der Waals surface area contributed by atoms with Crippen molar-refractivity contribution in [3.63, 3.8) is 0 Å². The van der Waals surface area contributed by atoms with Crippen LogP contribution in [0.15, 0.2) is 0 Å². The highest BCUT2D eigenvalue weighted by atomic mass is 31.2. The Bertz CT molecular complexity index is 1710. The molecule has 0 aliphatic heterocycles. The smallest absolute Gasteiger partial charge is 0.0770 e. The zero-order valence-corrected chi connectivity index (χ0v) is 93.4. The summed E-state index contributed by atoms with van der Waals surface area (Å²) in [6.07, 6.45) is 122. The van der Waals surface area contributed by atoms with Gasteiger partial charge in [-0.3, -0.25) is 0 Å². The Morgan fingerprint density at radius 1 is 0.148 bits per heavy atom. The monoisotopic (exact) mass is 1830 g/mol. The van der Waals surface area contributed by atoms with Crippen LogP contribution < -0.4 is 29.4 Å². The van der Waals surface area contributed by atoms with Crippen molar-refractivity contribution < 1.29 is 33.9 Å². The quantitative estimate of drug-likeness (QED) is 0.0417. The standard InChI is InChI=1S/3C40H83N.H3O4P/c3*1-7-13-17-19-23-27-33-41(34-28-24-20-18-14-8-2)35-29-25-21-22-26-32-40(36-38(11-5)30-15-9-3)37-39(12-6)31-16-10-4;1-5(2,3)4/h3*38-40H,7-37H2,1-6H3;(H3,1,2,3,4). The second kappa shape index (κ2) is 111. The second-order valence-corrected chi connectivity index (χ2v) is 44.1. The normalized spacial score (nSPS) is 14.0. The predicted octanol–water partition coefficient (Wildman–Crippen LogP) is 35.5. The molecule has 0 bridgehead atoms. The van der Waals surface area contributed by atoms with Crippen molar-refractivity contribution >= 4 is 7.82 Å². The second-order valence-electron chi connectivity index (χ2n) is 43.2. The maximum atomic E-state index is 8.55. The minimum atomic E-state index is -5.39. The van der Waals surface area contributed by atoms with Gasteiger partial charge in [-0.15, -0.1) is 0 Å². The van der Waals surface area contributed by atoms with Gasteiger partial charge >= 0.3 is 0 Å². The van der Waals surface area contributed by atoms with E-state index in [2.05, 4.69) is 125 Å². The van der Waals surface area contributed by atoms with Gasteiger partial charge in [-0.05, 0) is 207 Å². The highest BCUT2D eigenvalue weighted by Crippen LogP contribution is 2.36. The average Bonchev–Trinajstić information content (AvgIpc) is 0.933. The summed E-state index contributed by atoms with van der Waals surface area (Å²) in [6, 6.07) is 0. The van der Waals surface area contributed by atoms with E-state index in [1.807, 2.05) is 14.7 Å². The van der Waals surface area contributed by atoms with Crippen LogP contribution in [0.4, 0.5) is 0 Å². The first kappa shape index (κ1) is 134. The van der Waals surface area contributed by atoms with Gasteiger partial charge in [-0.2, -0.15) is 7.82 Å². The van der Waals surface area contributed by atoms with E-state index in [-0.39, 0.29) is 0 Å². The number of hydrogen-bond donors (Lipinski definition) is 3. The number of phosphoric acid groups is 1. The van der Waals surface area contributed by atoms with Crippen LogP contribution >= 0.6 is 7.82 Å². The molecule has 6 unspecified atom stereocenters. The van der Waals surface area contributed by atoms with Gasteiger partial charge in [-0.25, -0.2) is 0 Å². The van der Waals surface area contributed by atoms with Gasteiger partial charge in [0.25, 0.3) is 0 Å². The molecule has 0 spiro atoms. The van der Waals surface area contributed by atoms with Crippen molar-refractivity contribution in [2.45, 2.75) is 664 Å². The summed E-state index contributed by atoms with van der Waals surface area (Å²) >= 11 is 0. The fourth-order valence-electron chi connectivity index (χ4n) is 21.8. The van der Waals surface area contributed by atoms with Crippen molar-refractivity contribution in [2.24, 2.45) is 53.3 Å². The van der Waals surface area contributed by atoms with E-state index in [0.717, 1.165) is 53.3 Å². The molecule has 8 heteroatoms. The Labute approximate surface area is 812 Å². The summed E-state index contributed by atoms with van der Waals surface area (Å²) in [5, 5.41) is 0. The van der Waals surface area contributed by atoms with Crippen molar-refractivity contribution in [3.8, 4) is 0 Å². The molecule has 0 aromatic heterocycles. The first-order valence-corrected chi connectivity index (χ1v) is 62.1. The summed E-state index contributed by atoms with van der Waals surface area (Å²) in [6.45, 7) is 55.9. The molecule has 0 radical (unpaired) electrons. The summed E-state index contributed by atoms with van der Waals surface area (Å²) in [4.78, 5) is 31.5. The van der Waals surface area contributed by atoms with Gasteiger partial charge in [0.1, 0.15) is 0 Å². The van der Waals surface area contributed by atoms with E-state index in [9.17, 15) is 0 Å². The molecule has 0 fully saturated rings. The molecule has 7 nitrogen and oxygen atoms in total. The van der Waals surface area contributed by atoms with Crippen LogP contribution in [-0.2, 0) is 4.57 Å². The van der Waals surface area contributed by atoms with Crippen LogP contribution in [0.1, 0.15) is 664 Å². The third-order valence-electron chi connectivity index (χ3n) is 31.0. The van der Waals surface area contributed by atoms with Gasteiger partial charge in [0, 0.05) is 0 Å². The molecular formula is C120H252N3O4P. The van der Waals surface area contributed by atoms with Crippen LogP contribution in [-0.4, -0.2) is 58.9 Å². The molecule has 0 aliphatic rings. The topological polar surface area (TPSA) is 99.6 Å². The average molecular weight is 1830 g/mol. The highest BCUT2D eigenvalue weighted by Gasteiger charge is 2.24. The minimum absolute atomic E-state index is 0.982. The Balaban J connectivity index is -0.000000875. The Kier molecular flexibility index (Phi) is 116. The minimum Gasteiger partial charge on any atom is -0.822 e. The van der Waals surface area contributed by atoms with Crippen LogP contribution in [0.5, 0.6) is 0 Å². The number of quaternary nitrogens is 3. The van der Waals surface area contributed by atoms with Gasteiger partial charge in [0.05, 0.1) is 58.9 Å². The molecule has 0 heterocycles. The molecule has 0 rings (SSSR count). The molecule has 0 aromatic rings. The zero-order valence-electron chi connectivity index (χ0n) is 92.5. The fraction of sp³-hybridized carbons (Fsp3) is 1.00. The van der Waals surface area contributed by atoms with Crippen molar-refractivity contribution in [3.05, 3.63) is 0 Å². The summed E-state index contributed by atoms with van der Waals surface area (Å²) < 4.78 is 8.55. The van der Waals surface area contributed by atoms with Crippen LogP contribution in [0.25, 0.3) is 0 Å². The molecule has 776 valence electrons. The molecule has 3 N–H and O–H groups in total. The predicted molar refractivity (Wildman–Crippen MR) is 576 cm³/mol. The maximum absolute atomic E-state index is 8.55. The molecule has 128 heavy (non-hydrogen) atoms. The molecule has 0 saturated heterocycles. The summed E-state index contributed by atoms with van der Waals surface area (Å²) in [5.41, 5.74) is 0. The van der Waals surface area contributed by atoms with E-state index in [0.29, 0.717) is 0 Å². The van der Waals surface area contributed by atoms with E-state index in [1.54, 1.807) is 0 Å². The lowest BCUT2D eigenvalue weighted by atomic mass is 9.79. The van der Waals surface area contributed by atoms with Crippen LogP contribution in [0, 0.1) is 53.3 Å². The largest absolute Gasteiger partial charge is 0.822 e. The van der Waals surface area contributed by atoms with Gasteiger partial charge in [0.15, 0.2) is 0 Å². The Morgan fingerprint density at radius 2 is 0.250 bits per heavy atom. The third-order valence-corrected chi connectivity index (χ3v) is 31.0. The SMILES string of the molecule is CCCCCCCC[NH+](CCCCCCCC)CCCCCCCC(CC(CC)CCCC)CC(CC)CCCC.CCCCCCCC[NH+](CCCCCCCC)CCCCCCCC(CC(CC)CCCC)CC(CC)CCCC.CCCCCCCC[NH+](CCCCCCCC)CCCCCCCC(CC(CC)CCCC)CC(CC)CCCC.O=P([O-])([O-])[O-]. The lowest BCUT2D eigenvalue weighted by Gasteiger charge is -2.36. The zero-order chi connectivity index (χ0) is 95.2. The molecule has 0 aliphatic carbocycles. The first-order chi connectivity index (χ1) is 62.4. The van der Waals surface area contributed by atoms with Gasteiger partial charge in [0.2, 0.25) is 0 Å². The van der Waals surface area contributed by atoms with Gasteiger partial charge < -0.3 is 33.9 Å². The van der Waals surface area contributed by atoms with Gasteiger partial charge in [-0.1, -0.05) is 510 Å². The van der Waals surface area contributed by atoms with E-state index < -0.39 is 7.82 Å². The molecule has 0 amide bonds. The number of hydrogen-bond acceptors (Lipinski definition) is 4. The Hall–Kier alpha value is -0.0100. The fourth-order valence-corrected chi connectivity index (χ4v) is 21.8. The lowest BCUT2D eigenvalue weighted by molar-refractivity contribution is -0.901. The van der Waals surface area contributed by atoms with Crippen LogP contribution in [0.3, 0.4) is 0 Å². The first-order valence-electron chi connectivity index (χ1n) is 60.7. The number of rotatable bonds is 102. The highest BCUT2D eigenvalue weighted by molar-refractivity contribution is 7.40. The summed E-state index contributed by atoms with van der Waals surface area (Å²) in [5.74, 6) is 8.87. The van der Waals surface area contributed by atoms with Crippen molar-refractivity contribution in [1.29, 1.82) is 0 Å². The van der Waals surface area contributed by atoms with Crippen LogP contribution in [0.2, 0.25) is 0 Å². The summed E-state index contributed by atoms with van der Waals surface area (Å²) in [7, 11) is -5.39. The van der Waals surface area contributed by atoms with Crippen molar-refractivity contribution in [1.82, 2.24) is 0 Å². The molecule has 0 saturated carbocycles. The number of unbranched alkanes of at least 4 members (excludes halogenated alkanes) is 48.